The summed E-state index contributed by atoms with van der Waals surface area (Å²) in [5.74, 6) is -0.237. The molecule has 0 spiro atoms. The molecule has 0 fully saturated rings. The first-order valence-electron chi connectivity index (χ1n) is 7.84. The molecule has 2 aromatic rings. The molecule has 4 nitrogen and oxygen atoms in total. The lowest BCUT2D eigenvalue weighted by atomic mass is 10.1. The van der Waals surface area contributed by atoms with Gasteiger partial charge < -0.3 is 4.42 Å². The van der Waals surface area contributed by atoms with Crippen molar-refractivity contribution in [2.45, 2.75) is 58.9 Å². The first-order chi connectivity index (χ1) is 10.2. The fraction of sp³-hybridized carbons (Fsp3) is 0.529. The van der Waals surface area contributed by atoms with Crippen LogP contribution in [0.25, 0.3) is 11.1 Å². The number of unbranched alkanes of at least 4 members (excludes halogenated alkanes) is 3. The molecule has 0 amide bonds. The molecule has 0 aliphatic heterocycles. The third kappa shape index (κ3) is 3.63. The van der Waals surface area contributed by atoms with E-state index >= 15 is 0 Å². The molecule has 21 heavy (non-hydrogen) atoms. The van der Waals surface area contributed by atoms with Gasteiger partial charge in [0.25, 0.3) is 0 Å². The molecule has 1 heterocycles. The van der Waals surface area contributed by atoms with E-state index in [1.54, 1.807) is 16.7 Å². The molecule has 0 atom stereocenters. The SMILES string of the molecule is CCCCCCn1c(=O)oc2cc(C(=O)CCC)ccc21. The average molecular weight is 289 g/mol. The van der Waals surface area contributed by atoms with Crippen LogP contribution in [0.4, 0.5) is 0 Å². The molecule has 0 radical (unpaired) electrons. The summed E-state index contributed by atoms with van der Waals surface area (Å²) in [5.41, 5.74) is 1.92. The van der Waals surface area contributed by atoms with Crippen molar-refractivity contribution in [2.75, 3.05) is 0 Å². The predicted octanol–water partition coefficient (Wildman–Crippen LogP) is 4.16. The Kier molecular flexibility index (Phi) is 5.37. The van der Waals surface area contributed by atoms with Gasteiger partial charge in [0.2, 0.25) is 0 Å². The number of hydrogen-bond acceptors (Lipinski definition) is 3. The van der Waals surface area contributed by atoms with Crippen LogP contribution in [0.5, 0.6) is 0 Å². The van der Waals surface area contributed by atoms with Crippen LogP contribution in [-0.4, -0.2) is 10.4 Å². The maximum atomic E-state index is 11.9. The minimum Gasteiger partial charge on any atom is -0.408 e. The molecule has 0 bridgehead atoms. The molecule has 0 N–H and O–H groups in total. The number of benzene rings is 1. The highest BCUT2D eigenvalue weighted by Gasteiger charge is 2.12. The van der Waals surface area contributed by atoms with Gasteiger partial charge in [-0.25, -0.2) is 4.79 Å². The van der Waals surface area contributed by atoms with Crippen molar-refractivity contribution in [1.82, 2.24) is 4.57 Å². The van der Waals surface area contributed by atoms with Crippen molar-refractivity contribution in [3.63, 3.8) is 0 Å². The fourth-order valence-electron chi connectivity index (χ4n) is 2.52. The zero-order chi connectivity index (χ0) is 15.2. The van der Waals surface area contributed by atoms with E-state index in [2.05, 4.69) is 6.92 Å². The van der Waals surface area contributed by atoms with Gasteiger partial charge >= 0.3 is 5.76 Å². The zero-order valence-electron chi connectivity index (χ0n) is 12.9. The van der Waals surface area contributed by atoms with Crippen LogP contribution in [0.3, 0.4) is 0 Å². The van der Waals surface area contributed by atoms with Crippen molar-refractivity contribution < 1.29 is 9.21 Å². The Morgan fingerprint density at radius 2 is 1.95 bits per heavy atom. The van der Waals surface area contributed by atoms with Gasteiger partial charge in [-0.1, -0.05) is 33.1 Å². The molecular formula is C17H23NO3. The minimum atomic E-state index is -0.332. The molecule has 0 aliphatic carbocycles. The lowest BCUT2D eigenvalue weighted by molar-refractivity contribution is 0.0982. The van der Waals surface area contributed by atoms with Crippen molar-refractivity contribution in [3.05, 3.63) is 34.3 Å². The minimum absolute atomic E-state index is 0.0951. The summed E-state index contributed by atoms with van der Waals surface area (Å²) < 4.78 is 6.95. The van der Waals surface area contributed by atoms with Crippen LogP contribution in [0, 0.1) is 0 Å². The van der Waals surface area contributed by atoms with Gasteiger partial charge in [0, 0.05) is 18.5 Å². The third-order valence-corrected chi connectivity index (χ3v) is 3.70. The lowest BCUT2D eigenvalue weighted by Crippen LogP contribution is -2.14. The van der Waals surface area contributed by atoms with Crippen LogP contribution < -0.4 is 5.76 Å². The second-order valence-electron chi connectivity index (χ2n) is 5.44. The third-order valence-electron chi connectivity index (χ3n) is 3.70. The average Bonchev–Trinajstić information content (AvgIpc) is 2.78. The van der Waals surface area contributed by atoms with E-state index in [0.29, 0.717) is 24.1 Å². The molecule has 2 rings (SSSR count). The summed E-state index contributed by atoms with van der Waals surface area (Å²) >= 11 is 0. The van der Waals surface area contributed by atoms with E-state index < -0.39 is 0 Å². The number of ketones is 1. The number of rotatable bonds is 8. The zero-order valence-corrected chi connectivity index (χ0v) is 12.9. The second-order valence-corrected chi connectivity index (χ2v) is 5.44. The van der Waals surface area contributed by atoms with Gasteiger partial charge in [-0.05, 0) is 31.0 Å². The quantitative estimate of drug-likeness (QED) is 0.541. The summed E-state index contributed by atoms with van der Waals surface area (Å²) in [7, 11) is 0. The molecule has 114 valence electrons. The fourth-order valence-corrected chi connectivity index (χ4v) is 2.52. The number of Topliss-reactive ketones (excluding diaryl/α,β-unsaturated/α-hetero) is 1. The highest BCUT2D eigenvalue weighted by molar-refractivity contribution is 5.98. The molecule has 0 saturated heterocycles. The first-order valence-corrected chi connectivity index (χ1v) is 7.84. The number of carbonyl (C=O) groups excluding carboxylic acids is 1. The van der Waals surface area contributed by atoms with E-state index in [0.717, 1.165) is 24.8 Å². The normalized spacial score (nSPS) is 11.1. The summed E-state index contributed by atoms with van der Waals surface area (Å²) in [6, 6.07) is 5.30. The number of hydrogen-bond donors (Lipinski definition) is 0. The van der Waals surface area contributed by atoms with Gasteiger partial charge in [-0.2, -0.15) is 0 Å². The smallest absolute Gasteiger partial charge is 0.408 e. The Labute approximate surface area is 124 Å². The van der Waals surface area contributed by atoms with E-state index in [4.69, 9.17) is 4.42 Å². The van der Waals surface area contributed by atoms with Crippen LogP contribution in [0.1, 0.15) is 62.7 Å². The molecule has 0 saturated carbocycles. The summed E-state index contributed by atoms with van der Waals surface area (Å²) in [5, 5.41) is 0. The van der Waals surface area contributed by atoms with E-state index in [9.17, 15) is 9.59 Å². The maximum absolute atomic E-state index is 11.9. The number of fused-ring (bicyclic) bond motifs is 1. The summed E-state index contributed by atoms with van der Waals surface area (Å²) in [4.78, 5) is 23.8. The monoisotopic (exact) mass is 289 g/mol. The van der Waals surface area contributed by atoms with Gasteiger partial charge in [-0.3, -0.25) is 9.36 Å². The maximum Gasteiger partial charge on any atom is 0.419 e. The highest BCUT2D eigenvalue weighted by Crippen LogP contribution is 2.17. The Morgan fingerprint density at radius 3 is 2.67 bits per heavy atom. The topological polar surface area (TPSA) is 52.2 Å². The van der Waals surface area contributed by atoms with Crippen LogP contribution in [-0.2, 0) is 6.54 Å². The molecule has 1 aromatic heterocycles. The highest BCUT2D eigenvalue weighted by atomic mass is 16.4. The van der Waals surface area contributed by atoms with Gasteiger partial charge in [0.05, 0.1) is 5.52 Å². The van der Waals surface area contributed by atoms with Crippen LogP contribution in [0.2, 0.25) is 0 Å². The molecule has 4 heteroatoms. The number of nitrogens with zero attached hydrogens (tertiary/aromatic N) is 1. The first kappa shape index (κ1) is 15.5. The largest absolute Gasteiger partial charge is 0.419 e. The summed E-state index contributed by atoms with van der Waals surface area (Å²) in [6.07, 6.45) is 5.78. The van der Waals surface area contributed by atoms with Gasteiger partial charge in [0.15, 0.2) is 11.4 Å². The molecule has 1 aromatic carbocycles. The van der Waals surface area contributed by atoms with Crippen LogP contribution >= 0.6 is 0 Å². The standard InChI is InChI=1S/C17H23NO3/c1-3-5-6-7-11-18-14-10-9-13(15(19)8-4-2)12-16(14)21-17(18)20/h9-10,12H,3-8,11H2,1-2H3. The molecule has 0 aliphatic rings. The number of aryl methyl sites for hydroxylation is 1. The van der Waals surface area contributed by atoms with Gasteiger partial charge in [0.1, 0.15) is 0 Å². The van der Waals surface area contributed by atoms with Crippen molar-refractivity contribution >= 4 is 16.9 Å². The summed E-state index contributed by atoms with van der Waals surface area (Å²) in [6.45, 7) is 4.81. The second kappa shape index (κ2) is 7.25. The molecular weight excluding hydrogens is 266 g/mol. The number of aromatic nitrogens is 1. The van der Waals surface area contributed by atoms with Gasteiger partial charge in [-0.15, -0.1) is 0 Å². The Hall–Kier alpha value is -1.84. The van der Waals surface area contributed by atoms with Crippen molar-refractivity contribution in [3.8, 4) is 0 Å². The lowest BCUT2D eigenvalue weighted by Gasteiger charge is -2.03. The van der Waals surface area contributed by atoms with Crippen molar-refractivity contribution in [2.24, 2.45) is 0 Å². The van der Waals surface area contributed by atoms with E-state index in [1.807, 2.05) is 13.0 Å². The Balaban J connectivity index is 2.22. The van der Waals surface area contributed by atoms with Crippen LogP contribution in [0.15, 0.2) is 27.4 Å². The van der Waals surface area contributed by atoms with E-state index in [-0.39, 0.29) is 11.5 Å². The Bertz CT molecular complexity index is 666. The van der Waals surface area contributed by atoms with E-state index in [1.165, 1.54) is 12.8 Å². The van der Waals surface area contributed by atoms with Crippen molar-refractivity contribution in [1.29, 1.82) is 0 Å². The number of carbonyl (C=O) groups is 1. The Morgan fingerprint density at radius 1 is 1.14 bits per heavy atom. The molecule has 0 unspecified atom stereocenters. The predicted molar refractivity (Wildman–Crippen MR) is 83.9 cm³/mol. The number of oxazole rings is 1.